The number of carboxylic acid groups (broad SMARTS) is 1. The van der Waals surface area contributed by atoms with Crippen molar-refractivity contribution in [2.45, 2.75) is 31.7 Å². The van der Waals surface area contributed by atoms with Gasteiger partial charge in [0.25, 0.3) is 0 Å². The summed E-state index contributed by atoms with van der Waals surface area (Å²) in [6, 6.07) is 9.01. The molecule has 1 saturated carbocycles. The van der Waals surface area contributed by atoms with Crippen molar-refractivity contribution in [3.63, 3.8) is 0 Å². The van der Waals surface area contributed by atoms with Crippen LogP contribution >= 0.6 is 0 Å². The highest BCUT2D eigenvalue weighted by Gasteiger charge is 2.33. The molecule has 1 fully saturated rings. The largest absolute Gasteiger partial charge is 0.481 e. The highest BCUT2D eigenvalue weighted by Crippen LogP contribution is 2.31. The van der Waals surface area contributed by atoms with Crippen molar-refractivity contribution < 1.29 is 14.7 Å². The van der Waals surface area contributed by atoms with E-state index in [2.05, 4.69) is 5.32 Å². The third-order valence-electron chi connectivity index (χ3n) is 4.15. The normalized spacial score (nSPS) is 22.7. The van der Waals surface area contributed by atoms with Crippen LogP contribution in [0.2, 0.25) is 0 Å². The zero-order chi connectivity index (χ0) is 15.2. The Kier molecular flexibility index (Phi) is 5.33. The average molecular weight is 290 g/mol. The Bertz CT molecular complexity index is 490. The Morgan fingerprint density at radius 2 is 2.00 bits per heavy atom. The van der Waals surface area contributed by atoms with Crippen molar-refractivity contribution in [3.8, 4) is 0 Å². The van der Waals surface area contributed by atoms with Gasteiger partial charge in [-0.3, -0.25) is 9.59 Å². The molecule has 0 aromatic heterocycles. The van der Waals surface area contributed by atoms with Crippen molar-refractivity contribution in [2.24, 2.45) is 17.6 Å². The summed E-state index contributed by atoms with van der Waals surface area (Å²) in [4.78, 5) is 23.1. The highest BCUT2D eigenvalue weighted by molar-refractivity contribution is 5.81. The highest BCUT2D eigenvalue weighted by atomic mass is 16.4. The summed E-state index contributed by atoms with van der Waals surface area (Å²) in [6.45, 7) is 0.401. The molecule has 0 bridgehead atoms. The number of nitrogens with two attached hydrogens (primary N) is 1. The van der Waals surface area contributed by atoms with Crippen LogP contribution < -0.4 is 11.1 Å². The summed E-state index contributed by atoms with van der Waals surface area (Å²) in [7, 11) is 0. The van der Waals surface area contributed by atoms with Crippen LogP contribution in [-0.2, 0) is 16.0 Å². The molecule has 0 heterocycles. The lowest BCUT2D eigenvalue weighted by atomic mass is 9.96. The molecule has 1 aromatic carbocycles. The lowest BCUT2D eigenvalue weighted by Gasteiger charge is -2.18. The van der Waals surface area contributed by atoms with Crippen molar-refractivity contribution in [3.05, 3.63) is 35.9 Å². The topological polar surface area (TPSA) is 92.4 Å². The third kappa shape index (κ3) is 4.29. The van der Waals surface area contributed by atoms with Gasteiger partial charge < -0.3 is 16.2 Å². The maximum absolute atomic E-state index is 12.0. The van der Waals surface area contributed by atoms with Gasteiger partial charge in [0.05, 0.1) is 12.0 Å². The lowest BCUT2D eigenvalue weighted by molar-refractivity contribution is -0.143. The Hall–Kier alpha value is -1.88. The molecule has 5 heteroatoms. The first-order chi connectivity index (χ1) is 10.1. The van der Waals surface area contributed by atoms with E-state index >= 15 is 0 Å². The predicted octanol–water partition coefficient (Wildman–Crippen LogP) is 1.17. The molecule has 114 valence electrons. The molecule has 3 unspecified atom stereocenters. The summed E-state index contributed by atoms with van der Waals surface area (Å²) in [5.41, 5.74) is 6.92. The van der Waals surface area contributed by atoms with Gasteiger partial charge in [-0.15, -0.1) is 0 Å². The van der Waals surface area contributed by atoms with E-state index < -0.39 is 12.0 Å². The van der Waals surface area contributed by atoms with Crippen LogP contribution in [0.1, 0.15) is 24.8 Å². The number of carboxylic acids is 1. The van der Waals surface area contributed by atoms with Gasteiger partial charge in [-0.25, -0.2) is 0 Å². The maximum Gasteiger partial charge on any atom is 0.306 e. The van der Waals surface area contributed by atoms with Gasteiger partial charge in [0.2, 0.25) is 5.91 Å². The molecule has 0 radical (unpaired) electrons. The zero-order valence-electron chi connectivity index (χ0n) is 12.0. The maximum atomic E-state index is 12.0. The van der Waals surface area contributed by atoms with Gasteiger partial charge in [0, 0.05) is 6.54 Å². The molecule has 21 heavy (non-hydrogen) atoms. The van der Waals surface area contributed by atoms with E-state index in [0.29, 0.717) is 19.4 Å². The number of carbonyl (C=O) groups excluding carboxylic acids is 1. The summed E-state index contributed by atoms with van der Waals surface area (Å²) in [5, 5.41) is 11.9. The molecule has 5 nitrogen and oxygen atoms in total. The second kappa shape index (κ2) is 7.22. The molecule has 0 spiro atoms. The second-order valence-corrected chi connectivity index (χ2v) is 5.68. The molecule has 4 N–H and O–H groups in total. The van der Waals surface area contributed by atoms with Gasteiger partial charge >= 0.3 is 5.97 Å². The number of amides is 1. The van der Waals surface area contributed by atoms with Gasteiger partial charge in [0.1, 0.15) is 0 Å². The first-order valence-corrected chi connectivity index (χ1v) is 7.38. The fourth-order valence-electron chi connectivity index (χ4n) is 2.93. The molecular weight excluding hydrogens is 268 g/mol. The summed E-state index contributed by atoms with van der Waals surface area (Å²) < 4.78 is 0. The van der Waals surface area contributed by atoms with E-state index in [9.17, 15) is 9.59 Å². The SMILES string of the molecule is NC(Cc1ccccc1)C(=O)NCC1CCCC1C(=O)O. The second-order valence-electron chi connectivity index (χ2n) is 5.68. The fraction of sp³-hybridized carbons (Fsp3) is 0.500. The number of hydrogen-bond donors (Lipinski definition) is 3. The molecule has 0 saturated heterocycles. The number of carbonyl (C=O) groups is 2. The lowest BCUT2D eigenvalue weighted by Crippen LogP contribution is -2.44. The summed E-state index contributed by atoms with van der Waals surface area (Å²) >= 11 is 0. The van der Waals surface area contributed by atoms with E-state index in [1.54, 1.807) is 0 Å². The average Bonchev–Trinajstić information content (AvgIpc) is 2.94. The molecule has 2 rings (SSSR count). The molecule has 1 aliphatic rings. The van der Waals surface area contributed by atoms with Crippen LogP contribution in [0, 0.1) is 11.8 Å². The van der Waals surface area contributed by atoms with E-state index in [4.69, 9.17) is 10.8 Å². The van der Waals surface area contributed by atoms with Crippen LogP contribution in [0.5, 0.6) is 0 Å². The number of nitrogens with one attached hydrogen (secondary N) is 1. The first kappa shape index (κ1) is 15.5. The van der Waals surface area contributed by atoms with Crippen molar-refractivity contribution >= 4 is 11.9 Å². The molecule has 0 aliphatic heterocycles. The van der Waals surface area contributed by atoms with Crippen LogP contribution in [-0.4, -0.2) is 29.6 Å². The molecule has 1 aliphatic carbocycles. The molecule has 1 amide bonds. The van der Waals surface area contributed by atoms with Gasteiger partial charge in [-0.1, -0.05) is 36.8 Å². The quantitative estimate of drug-likeness (QED) is 0.733. The zero-order valence-corrected chi connectivity index (χ0v) is 12.0. The van der Waals surface area contributed by atoms with Crippen LogP contribution in [0.3, 0.4) is 0 Å². The fourth-order valence-corrected chi connectivity index (χ4v) is 2.93. The summed E-state index contributed by atoms with van der Waals surface area (Å²) in [6.07, 6.45) is 2.95. The first-order valence-electron chi connectivity index (χ1n) is 7.38. The van der Waals surface area contributed by atoms with Crippen molar-refractivity contribution in [1.29, 1.82) is 0 Å². The van der Waals surface area contributed by atoms with E-state index in [0.717, 1.165) is 18.4 Å². The number of rotatable bonds is 6. The minimum absolute atomic E-state index is 0.0235. The Balaban J connectivity index is 1.80. The predicted molar refractivity (Wildman–Crippen MR) is 79.6 cm³/mol. The molecular formula is C16H22N2O3. The van der Waals surface area contributed by atoms with Crippen molar-refractivity contribution in [2.75, 3.05) is 6.54 Å². The van der Waals surface area contributed by atoms with Gasteiger partial charge in [-0.2, -0.15) is 0 Å². The molecule has 1 aromatic rings. The Labute approximate surface area is 124 Å². The number of hydrogen-bond acceptors (Lipinski definition) is 3. The van der Waals surface area contributed by atoms with E-state index in [-0.39, 0.29) is 17.7 Å². The third-order valence-corrected chi connectivity index (χ3v) is 4.15. The minimum atomic E-state index is -0.764. The molecule has 3 atom stereocenters. The van der Waals surface area contributed by atoms with E-state index in [1.807, 2.05) is 30.3 Å². The van der Waals surface area contributed by atoms with Crippen LogP contribution in [0.25, 0.3) is 0 Å². The van der Waals surface area contributed by atoms with Gasteiger partial charge in [0.15, 0.2) is 0 Å². The van der Waals surface area contributed by atoms with Crippen molar-refractivity contribution in [1.82, 2.24) is 5.32 Å². The number of aliphatic carboxylic acids is 1. The summed E-state index contributed by atoms with van der Waals surface area (Å²) in [5.74, 6) is -1.29. The Morgan fingerprint density at radius 3 is 2.67 bits per heavy atom. The van der Waals surface area contributed by atoms with Crippen LogP contribution in [0.4, 0.5) is 0 Å². The van der Waals surface area contributed by atoms with Crippen LogP contribution in [0.15, 0.2) is 30.3 Å². The van der Waals surface area contributed by atoms with Gasteiger partial charge in [-0.05, 0) is 30.7 Å². The monoisotopic (exact) mass is 290 g/mol. The number of benzene rings is 1. The smallest absolute Gasteiger partial charge is 0.306 e. The standard InChI is InChI=1S/C16H22N2O3/c17-14(9-11-5-2-1-3-6-11)15(19)18-10-12-7-4-8-13(12)16(20)21/h1-3,5-6,12-14H,4,7-10,17H2,(H,18,19)(H,20,21). The minimum Gasteiger partial charge on any atom is -0.481 e. The Morgan fingerprint density at radius 1 is 1.29 bits per heavy atom. The van der Waals surface area contributed by atoms with E-state index in [1.165, 1.54) is 0 Å².